The van der Waals surface area contributed by atoms with Crippen molar-refractivity contribution in [3.63, 3.8) is 0 Å². The van der Waals surface area contributed by atoms with Crippen molar-refractivity contribution in [3.8, 4) is 0 Å². The van der Waals surface area contributed by atoms with Gasteiger partial charge in [0.2, 0.25) is 0 Å². The Morgan fingerprint density at radius 3 is 2.93 bits per heavy atom. The maximum atomic E-state index is 5.84. The summed E-state index contributed by atoms with van der Waals surface area (Å²) in [6.07, 6.45) is 1.10. The van der Waals surface area contributed by atoms with E-state index in [0.717, 1.165) is 24.5 Å². The molecule has 1 N–H and O–H groups in total. The minimum atomic E-state index is 0.842. The van der Waals surface area contributed by atoms with Crippen molar-refractivity contribution in [3.05, 3.63) is 43.7 Å². The number of nitrogens with one attached hydrogen (secondary N) is 1. The molecule has 0 atom stereocenters. The largest absolute Gasteiger partial charge is 0.312 e. The highest BCUT2D eigenvalue weighted by Crippen LogP contribution is 2.18. The molecule has 0 saturated heterocycles. The molecule has 0 aliphatic carbocycles. The summed E-state index contributed by atoms with van der Waals surface area (Å²) in [5, 5.41) is 10.5. The lowest BCUT2D eigenvalue weighted by Gasteiger charge is -2.01. The lowest BCUT2D eigenvalue weighted by Crippen LogP contribution is -2.15. The van der Waals surface area contributed by atoms with Gasteiger partial charge in [0, 0.05) is 16.8 Å². The van der Waals surface area contributed by atoms with Gasteiger partial charge in [-0.25, -0.2) is 0 Å². The molecule has 2 rings (SSSR count). The number of halogens is 1. The van der Waals surface area contributed by atoms with Crippen LogP contribution in [-0.4, -0.2) is 6.54 Å². The van der Waals surface area contributed by atoms with E-state index in [9.17, 15) is 0 Å². The van der Waals surface area contributed by atoms with Crippen molar-refractivity contribution in [1.29, 1.82) is 0 Å². The third-order valence-electron chi connectivity index (χ3n) is 2.09. The predicted molar refractivity (Wildman–Crippen MR) is 69.1 cm³/mol. The fourth-order valence-electron chi connectivity index (χ4n) is 1.33. The van der Waals surface area contributed by atoms with E-state index in [2.05, 4.69) is 22.1 Å². The van der Waals surface area contributed by atoms with E-state index in [1.807, 2.05) is 11.4 Å². The topological polar surface area (TPSA) is 12.0 Å². The van der Waals surface area contributed by atoms with Gasteiger partial charge in [-0.3, -0.25) is 0 Å². The number of rotatable bonds is 5. The number of thiophene rings is 2. The van der Waals surface area contributed by atoms with Gasteiger partial charge >= 0.3 is 0 Å². The van der Waals surface area contributed by atoms with Crippen molar-refractivity contribution in [2.45, 2.75) is 13.0 Å². The first-order chi connectivity index (χ1) is 7.34. The Bertz CT molecular complexity index is 394. The van der Waals surface area contributed by atoms with Crippen LogP contribution in [0.15, 0.2) is 28.3 Å². The minimum Gasteiger partial charge on any atom is -0.312 e. The molecule has 4 heteroatoms. The monoisotopic (exact) mass is 257 g/mol. The molecule has 0 aliphatic rings. The first kappa shape index (κ1) is 11.1. The lowest BCUT2D eigenvalue weighted by atomic mass is 10.2. The molecule has 0 bridgehead atoms. The van der Waals surface area contributed by atoms with Crippen LogP contribution in [0.1, 0.15) is 10.4 Å². The molecule has 2 aromatic rings. The van der Waals surface area contributed by atoms with Crippen LogP contribution in [0.25, 0.3) is 0 Å². The van der Waals surface area contributed by atoms with Gasteiger partial charge in [-0.2, -0.15) is 11.3 Å². The van der Waals surface area contributed by atoms with Gasteiger partial charge in [-0.1, -0.05) is 11.6 Å². The predicted octanol–water partition coefficient (Wildman–Crippen LogP) is 3.80. The first-order valence-electron chi connectivity index (χ1n) is 4.79. The summed E-state index contributed by atoms with van der Waals surface area (Å²) in [5.41, 5.74) is 1.41. The van der Waals surface area contributed by atoms with E-state index in [4.69, 9.17) is 11.6 Å². The smallest absolute Gasteiger partial charge is 0.0516 e. The quantitative estimate of drug-likeness (QED) is 0.804. The van der Waals surface area contributed by atoms with E-state index in [1.54, 1.807) is 22.7 Å². The fourth-order valence-corrected chi connectivity index (χ4v) is 3.07. The second-order valence-electron chi connectivity index (χ2n) is 3.29. The van der Waals surface area contributed by atoms with Crippen molar-refractivity contribution < 1.29 is 0 Å². The maximum absolute atomic E-state index is 5.84. The summed E-state index contributed by atoms with van der Waals surface area (Å²) >= 11 is 9.30. The Morgan fingerprint density at radius 2 is 2.27 bits per heavy atom. The van der Waals surface area contributed by atoms with Crippen LogP contribution in [0.3, 0.4) is 0 Å². The number of hydrogen-bond donors (Lipinski definition) is 1. The Hall–Kier alpha value is -0.350. The second kappa shape index (κ2) is 5.66. The van der Waals surface area contributed by atoms with Gasteiger partial charge in [0.25, 0.3) is 0 Å². The molecule has 0 spiro atoms. The fraction of sp³-hybridized carbons (Fsp3) is 0.273. The zero-order valence-corrected chi connectivity index (χ0v) is 10.6. The maximum Gasteiger partial charge on any atom is 0.0516 e. The summed E-state index contributed by atoms with van der Waals surface area (Å²) in [6.45, 7) is 1.94. The summed E-state index contributed by atoms with van der Waals surface area (Å²) in [5.74, 6) is 0. The average Bonchev–Trinajstić information content (AvgIpc) is 2.84. The van der Waals surface area contributed by atoms with Crippen LogP contribution in [0.4, 0.5) is 0 Å². The summed E-state index contributed by atoms with van der Waals surface area (Å²) in [4.78, 5) is 1.30. The highest BCUT2D eigenvalue weighted by atomic mass is 35.5. The van der Waals surface area contributed by atoms with Crippen molar-refractivity contribution in [2.75, 3.05) is 6.54 Å². The molecular weight excluding hydrogens is 246 g/mol. The molecule has 1 nitrogen and oxygen atoms in total. The average molecular weight is 258 g/mol. The molecule has 0 radical (unpaired) electrons. The molecule has 0 aromatic carbocycles. The zero-order chi connectivity index (χ0) is 10.5. The third-order valence-corrected chi connectivity index (χ3v) is 4.11. The zero-order valence-electron chi connectivity index (χ0n) is 8.20. The number of hydrogen-bond acceptors (Lipinski definition) is 3. The van der Waals surface area contributed by atoms with E-state index >= 15 is 0 Å². The van der Waals surface area contributed by atoms with Crippen LogP contribution in [0.2, 0.25) is 5.02 Å². The molecule has 0 amide bonds. The summed E-state index contributed by atoms with van der Waals surface area (Å²) < 4.78 is 0. The molecule has 15 heavy (non-hydrogen) atoms. The molecule has 0 fully saturated rings. The van der Waals surface area contributed by atoms with Crippen LogP contribution in [0.5, 0.6) is 0 Å². The minimum absolute atomic E-state index is 0.842. The van der Waals surface area contributed by atoms with Crippen molar-refractivity contribution >= 4 is 34.3 Å². The van der Waals surface area contributed by atoms with Crippen LogP contribution in [0, 0.1) is 0 Å². The Kier molecular flexibility index (Phi) is 4.20. The molecule has 0 saturated carbocycles. The van der Waals surface area contributed by atoms with E-state index in [1.165, 1.54) is 10.4 Å². The Balaban J connectivity index is 1.67. The molecule has 2 aromatic heterocycles. The highest BCUT2D eigenvalue weighted by Gasteiger charge is 1.97. The van der Waals surface area contributed by atoms with Gasteiger partial charge in [0.1, 0.15) is 0 Å². The molecule has 80 valence electrons. The molecular formula is C11H12ClNS2. The van der Waals surface area contributed by atoms with Gasteiger partial charge in [0.15, 0.2) is 0 Å². The third kappa shape index (κ3) is 3.61. The van der Waals surface area contributed by atoms with Gasteiger partial charge < -0.3 is 5.32 Å². The van der Waals surface area contributed by atoms with Crippen LogP contribution < -0.4 is 5.32 Å². The lowest BCUT2D eigenvalue weighted by molar-refractivity contribution is 0.694. The second-order valence-corrected chi connectivity index (χ2v) is 5.50. The Labute approximate surface area is 103 Å². The van der Waals surface area contributed by atoms with Gasteiger partial charge in [0.05, 0.1) is 5.02 Å². The van der Waals surface area contributed by atoms with Crippen molar-refractivity contribution in [1.82, 2.24) is 5.32 Å². The van der Waals surface area contributed by atoms with Crippen LogP contribution >= 0.6 is 34.3 Å². The summed E-state index contributed by atoms with van der Waals surface area (Å²) in [6, 6.07) is 4.19. The highest BCUT2D eigenvalue weighted by molar-refractivity contribution is 7.10. The SMILES string of the molecule is Clc1csc(CNCCc2ccsc2)c1. The molecule has 2 heterocycles. The van der Waals surface area contributed by atoms with Gasteiger partial charge in [-0.05, 0) is 41.4 Å². The van der Waals surface area contributed by atoms with Gasteiger partial charge in [-0.15, -0.1) is 11.3 Å². The van der Waals surface area contributed by atoms with E-state index < -0.39 is 0 Å². The summed E-state index contributed by atoms with van der Waals surface area (Å²) in [7, 11) is 0. The van der Waals surface area contributed by atoms with E-state index in [0.29, 0.717) is 0 Å². The Morgan fingerprint density at radius 1 is 1.33 bits per heavy atom. The van der Waals surface area contributed by atoms with Crippen LogP contribution in [-0.2, 0) is 13.0 Å². The molecule has 0 unspecified atom stereocenters. The standard InChI is InChI=1S/C11H12ClNS2/c12-10-5-11(15-8-10)6-13-3-1-9-2-4-14-7-9/h2,4-5,7-8,13H,1,3,6H2. The first-order valence-corrected chi connectivity index (χ1v) is 6.99. The normalized spacial score (nSPS) is 10.7. The molecule has 0 aliphatic heterocycles. The van der Waals surface area contributed by atoms with E-state index in [-0.39, 0.29) is 0 Å². The van der Waals surface area contributed by atoms with Crippen molar-refractivity contribution in [2.24, 2.45) is 0 Å².